The highest BCUT2D eigenvalue weighted by atomic mass is 35.5. The molecular formula is C70H100ClF6N11O13. The molecule has 10 amide bonds. The Kier molecular flexibility index (Phi) is 29.0. The molecule has 0 aromatic heterocycles. The van der Waals surface area contributed by atoms with Crippen molar-refractivity contribution in [3.63, 3.8) is 0 Å². The van der Waals surface area contributed by atoms with Crippen LogP contribution in [0.2, 0.25) is 5.02 Å². The van der Waals surface area contributed by atoms with E-state index in [1.807, 2.05) is 0 Å². The number of carbonyl (C=O) groups is 11. The van der Waals surface area contributed by atoms with Crippen molar-refractivity contribution in [2.45, 2.75) is 210 Å². The van der Waals surface area contributed by atoms with Crippen LogP contribution in [-0.4, -0.2) is 244 Å². The number of carboxylic acid groups (broad SMARTS) is 1. The van der Waals surface area contributed by atoms with Gasteiger partial charge in [-0.2, -0.15) is 26.3 Å². The standard InChI is InChI=1S/C70H100ClF6N11O13/c1-12-32-87-52(36-44-22-26-46(27-23-44)69(72,73)74)63(96)82(7)38-54(89)78-49(29-25-43-24-28-47(48(71)35-43)70(75,76)77)62(95)88-33-18-21-50(88)61(94)80-68(30-16-17-31-68)67(101)86(11)59(45-19-14-15-20-45)65(98)85(10)53(66(99)100)37-55(90)84(9)51(34-41(3)4)60(93)79-58(42(5)13-2)64(97)83(8)39-56(91)81(6)40-57(87)92/h22-24,26-28,35,41-42,45,49-53,58-59,61,80,94H,12-21,25,29-34,36-40H2,1-11H3,(H,78,89)(H,79,93)(H,99,100)/t42-,49-,50-,51-,52-,53-,58-,59-,61?/m0/s1. The molecule has 5 N–H and O–H groups in total. The van der Waals surface area contributed by atoms with E-state index in [1.165, 1.54) is 52.1 Å². The molecule has 2 saturated heterocycles. The number of carbonyl (C=O) groups excluding carboxylic acids is 10. The molecule has 2 aliphatic heterocycles. The number of aliphatic carboxylic acids is 1. The first-order chi connectivity index (χ1) is 47.3. The maximum Gasteiger partial charge on any atom is 0.417 e. The first kappa shape index (κ1) is 82.4. The van der Waals surface area contributed by atoms with Crippen LogP contribution in [0, 0.1) is 17.8 Å². The van der Waals surface area contributed by atoms with Crippen LogP contribution in [0.3, 0.4) is 0 Å². The maximum atomic E-state index is 15.4. The van der Waals surface area contributed by atoms with Gasteiger partial charge in [-0.05, 0) is 117 Å². The van der Waals surface area contributed by atoms with Crippen LogP contribution in [0.4, 0.5) is 26.3 Å². The lowest BCUT2D eigenvalue weighted by molar-refractivity contribution is -0.158. The van der Waals surface area contributed by atoms with Gasteiger partial charge in [-0.25, -0.2) is 4.79 Å². The van der Waals surface area contributed by atoms with Gasteiger partial charge in [0.15, 0.2) is 0 Å². The molecule has 9 atom stereocenters. The third-order valence-corrected chi connectivity index (χ3v) is 20.6. The Morgan fingerprint density at radius 3 is 1.84 bits per heavy atom. The third-order valence-electron chi connectivity index (χ3n) is 20.3. The van der Waals surface area contributed by atoms with E-state index in [-0.39, 0.29) is 75.1 Å². The normalized spacial score (nSPS) is 25.6. The molecule has 4 fully saturated rings. The van der Waals surface area contributed by atoms with Gasteiger partial charge in [0.1, 0.15) is 48.0 Å². The largest absolute Gasteiger partial charge is 0.480 e. The van der Waals surface area contributed by atoms with Gasteiger partial charge in [0.25, 0.3) is 0 Å². The monoisotopic (exact) mass is 1450 g/mol. The van der Waals surface area contributed by atoms with Crippen LogP contribution in [0.5, 0.6) is 0 Å². The van der Waals surface area contributed by atoms with Gasteiger partial charge in [0.2, 0.25) is 59.1 Å². The number of hydrogen-bond acceptors (Lipinski definition) is 13. The van der Waals surface area contributed by atoms with Gasteiger partial charge in [0.05, 0.1) is 48.2 Å². The number of fused-ring (bicyclic) bond motifs is 1. The van der Waals surface area contributed by atoms with Crippen LogP contribution in [0.25, 0.3) is 0 Å². The second-order valence-electron chi connectivity index (χ2n) is 28.2. The number of aryl methyl sites for hydroxylation is 1. The Labute approximate surface area is 591 Å². The lowest BCUT2D eigenvalue weighted by atomic mass is 9.90. The summed E-state index contributed by atoms with van der Waals surface area (Å²) >= 11 is 6.12. The molecule has 1 spiro atoms. The second kappa shape index (κ2) is 35.5. The number of aliphatic hydroxyl groups is 1. The zero-order chi connectivity index (χ0) is 75.3. The van der Waals surface area contributed by atoms with E-state index in [9.17, 15) is 70.1 Å². The van der Waals surface area contributed by atoms with Gasteiger partial charge in [-0.1, -0.05) is 96.5 Å². The SMILES string of the molecule is CCCN1C(=O)CN(C)C(=O)CN(C)C(=O)[C@H]([C@@H](C)CC)NC(=O)[C@H](CC(C)C)N(C)C(=O)C[C@@H](C(=O)O)N(C)C(=O)[C@H](C2CCCC2)N(C)C(=O)C2(CCCC2)NC(O)[C@@H]2CCCN2C(=O)[C@H](CCc2ccc(C(F)(F)F)c(Cl)c2)NC(=O)CN(C)C(=O)[C@@H]1Cc1ccc(C(F)(F)F)cc1. The lowest BCUT2D eigenvalue weighted by Crippen LogP contribution is -2.66. The molecule has 2 aromatic carbocycles. The van der Waals surface area contributed by atoms with E-state index in [2.05, 4.69) is 16.0 Å². The van der Waals surface area contributed by atoms with Crippen LogP contribution < -0.4 is 16.0 Å². The zero-order valence-corrected chi connectivity index (χ0v) is 60.3. The first-order valence-electron chi connectivity index (χ1n) is 34.7. The number of hydrogen-bond donors (Lipinski definition) is 5. The van der Waals surface area contributed by atoms with Crippen LogP contribution in [-0.2, 0) is 77.9 Å². The number of nitrogens with one attached hydrogen (secondary N) is 3. The minimum atomic E-state index is -4.81. The number of nitrogens with zero attached hydrogens (tertiary/aromatic N) is 8. The number of carboxylic acids is 1. The zero-order valence-electron chi connectivity index (χ0n) is 59.6. The number of aliphatic hydroxyl groups excluding tert-OH is 1. The summed E-state index contributed by atoms with van der Waals surface area (Å²) in [6.07, 6.45) is -8.36. The van der Waals surface area contributed by atoms with Gasteiger partial charge in [-0.15, -0.1) is 0 Å². The van der Waals surface area contributed by atoms with Crippen LogP contribution >= 0.6 is 11.6 Å². The molecule has 31 heteroatoms. The van der Waals surface area contributed by atoms with Gasteiger partial charge in [-0.3, -0.25) is 53.3 Å². The Balaban J connectivity index is 1.45. The third kappa shape index (κ3) is 20.8. The first-order valence-corrected chi connectivity index (χ1v) is 35.1. The average Bonchev–Trinajstić information content (AvgIpc) is 1.72. The van der Waals surface area contributed by atoms with Crippen molar-refractivity contribution in [3.8, 4) is 0 Å². The fraction of sp³-hybridized carbons (Fsp3) is 0.671. The Bertz CT molecular complexity index is 3300. The molecule has 0 radical (unpaired) electrons. The highest BCUT2D eigenvalue weighted by Gasteiger charge is 2.51. The summed E-state index contributed by atoms with van der Waals surface area (Å²) in [5, 5.41) is 31.2. The molecule has 2 aliphatic carbocycles. The van der Waals surface area contributed by atoms with Crippen molar-refractivity contribution < 1.29 is 89.3 Å². The predicted molar refractivity (Wildman–Crippen MR) is 360 cm³/mol. The summed E-state index contributed by atoms with van der Waals surface area (Å²) in [7, 11) is 7.70. The van der Waals surface area contributed by atoms with Crippen molar-refractivity contribution >= 4 is 76.6 Å². The van der Waals surface area contributed by atoms with E-state index >= 15 is 19.2 Å². The minimum absolute atomic E-state index is 0.000394. The Morgan fingerprint density at radius 1 is 0.673 bits per heavy atom. The smallest absolute Gasteiger partial charge is 0.417 e. The van der Waals surface area contributed by atoms with E-state index < -0.39 is 192 Å². The van der Waals surface area contributed by atoms with E-state index in [1.54, 1.807) is 34.6 Å². The summed E-state index contributed by atoms with van der Waals surface area (Å²) in [6.45, 7) is 6.30. The van der Waals surface area contributed by atoms with E-state index in [0.29, 0.717) is 51.4 Å². The van der Waals surface area contributed by atoms with Gasteiger partial charge >= 0.3 is 18.3 Å². The molecule has 6 rings (SSSR count). The fourth-order valence-electron chi connectivity index (χ4n) is 14.2. The molecule has 2 aromatic rings. The number of likely N-dealkylation sites (N-methyl/N-ethyl adjacent to an activating group) is 6. The fourth-order valence-corrected chi connectivity index (χ4v) is 14.6. The van der Waals surface area contributed by atoms with Crippen molar-refractivity contribution in [3.05, 3.63) is 69.7 Å². The number of benzene rings is 2. The number of rotatable bonds is 13. The van der Waals surface area contributed by atoms with Crippen molar-refractivity contribution in [2.75, 3.05) is 75.0 Å². The van der Waals surface area contributed by atoms with E-state index in [4.69, 9.17) is 11.6 Å². The Hall–Kier alpha value is -7.60. The molecule has 0 bridgehead atoms. The average molecular weight is 1450 g/mol. The molecule has 1 unspecified atom stereocenters. The number of alkyl halides is 6. The molecule has 2 heterocycles. The van der Waals surface area contributed by atoms with Gasteiger partial charge in [0, 0.05) is 61.8 Å². The van der Waals surface area contributed by atoms with Crippen LogP contribution in [0.15, 0.2) is 42.5 Å². The molecule has 2 saturated carbocycles. The van der Waals surface area contributed by atoms with Crippen molar-refractivity contribution in [2.24, 2.45) is 17.8 Å². The molecule has 562 valence electrons. The highest BCUT2D eigenvalue weighted by molar-refractivity contribution is 6.31. The number of amides is 10. The summed E-state index contributed by atoms with van der Waals surface area (Å²) in [5.74, 6) is -11.0. The molecule has 101 heavy (non-hydrogen) atoms. The Morgan fingerprint density at radius 2 is 1.28 bits per heavy atom. The lowest BCUT2D eigenvalue weighted by Gasteiger charge is -2.42. The van der Waals surface area contributed by atoms with Crippen molar-refractivity contribution in [1.82, 2.24) is 55.1 Å². The highest BCUT2D eigenvalue weighted by Crippen LogP contribution is 2.39. The van der Waals surface area contributed by atoms with Crippen LogP contribution in [0.1, 0.15) is 153 Å². The second-order valence-corrected chi connectivity index (χ2v) is 28.6. The summed E-state index contributed by atoms with van der Waals surface area (Å²) in [4.78, 5) is 170. The van der Waals surface area contributed by atoms with E-state index in [0.717, 1.165) is 71.9 Å². The summed E-state index contributed by atoms with van der Waals surface area (Å²) in [5.41, 5.74) is -3.31. The topological polar surface area (TPSA) is 290 Å². The molecular weight excluding hydrogens is 1350 g/mol. The van der Waals surface area contributed by atoms with Gasteiger partial charge < -0.3 is 60.0 Å². The quantitative estimate of drug-likeness (QED) is 0.145. The summed E-state index contributed by atoms with van der Waals surface area (Å²) in [6, 6.07) is -3.09. The predicted octanol–water partition coefficient (Wildman–Crippen LogP) is 5.97. The molecule has 24 nitrogen and oxygen atoms in total. The summed E-state index contributed by atoms with van der Waals surface area (Å²) < 4.78 is 83.1. The maximum absolute atomic E-state index is 15.4. The number of halogens is 7. The van der Waals surface area contributed by atoms with Crippen molar-refractivity contribution in [1.29, 1.82) is 0 Å². The minimum Gasteiger partial charge on any atom is -0.480 e. The molecule has 4 aliphatic rings.